The number of amides is 1. The zero-order valence-electron chi connectivity index (χ0n) is 12.2. The van der Waals surface area contributed by atoms with E-state index in [2.05, 4.69) is 5.32 Å². The first-order valence-electron chi connectivity index (χ1n) is 7.20. The second-order valence-corrected chi connectivity index (χ2v) is 5.21. The molecule has 0 atom stereocenters. The van der Waals surface area contributed by atoms with Crippen LogP contribution in [0, 0.1) is 0 Å². The standard InChI is InChI=1S/C16H20N2O2S/c1-2-20-14-8-5-13(6-9-14)7-10-15(19)17-16(21)18-11-3-4-12-18/h5-10H,2-4,11-12H2,1H3,(H,17,19,21)/b10-7+. The van der Waals surface area contributed by atoms with Crippen molar-refractivity contribution in [3.63, 3.8) is 0 Å². The molecular weight excluding hydrogens is 284 g/mol. The van der Waals surface area contributed by atoms with E-state index in [1.165, 1.54) is 6.08 Å². The summed E-state index contributed by atoms with van der Waals surface area (Å²) in [6.45, 7) is 4.45. The monoisotopic (exact) mass is 304 g/mol. The molecule has 0 spiro atoms. The van der Waals surface area contributed by atoms with Gasteiger partial charge in [0.15, 0.2) is 5.11 Å². The lowest BCUT2D eigenvalue weighted by molar-refractivity contribution is -0.115. The summed E-state index contributed by atoms with van der Waals surface area (Å²) >= 11 is 5.21. The quantitative estimate of drug-likeness (QED) is 0.686. The molecule has 1 heterocycles. The van der Waals surface area contributed by atoms with E-state index < -0.39 is 0 Å². The number of nitrogens with zero attached hydrogens (tertiary/aromatic N) is 1. The van der Waals surface area contributed by atoms with Crippen molar-refractivity contribution < 1.29 is 9.53 Å². The summed E-state index contributed by atoms with van der Waals surface area (Å²) in [5.41, 5.74) is 0.945. The van der Waals surface area contributed by atoms with Gasteiger partial charge in [0, 0.05) is 19.2 Å². The lowest BCUT2D eigenvalue weighted by Gasteiger charge is -2.17. The number of hydrogen-bond donors (Lipinski definition) is 1. The van der Waals surface area contributed by atoms with Crippen molar-refractivity contribution in [1.29, 1.82) is 0 Å². The molecule has 1 amide bonds. The van der Waals surface area contributed by atoms with Crippen molar-refractivity contribution in [3.05, 3.63) is 35.9 Å². The molecule has 0 bridgehead atoms. The molecule has 4 nitrogen and oxygen atoms in total. The van der Waals surface area contributed by atoms with Crippen molar-refractivity contribution in [2.24, 2.45) is 0 Å². The summed E-state index contributed by atoms with van der Waals surface area (Å²) in [6, 6.07) is 7.59. The fourth-order valence-corrected chi connectivity index (χ4v) is 2.44. The van der Waals surface area contributed by atoms with Crippen LogP contribution in [0.25, 0.3) is 6.08 Å². The molecule has 112 valence electrons. The van der Waals surface area contributed by atoms with Gasteiger partial charge in [-0.1, -0.05) is 12.1 Å². The molecule has 1 aliphatic rings. The lowest BCUT2D eigenvalue weighted by Crippen LogP contribution is -2.40. The highest BCUT2D eigenvalue weighted by Gasteiger charge is 2.15. The van der Waals surface area contributed by atoms with Crippen LogP contribution in [0.3, 0.4) is 0 Å². The van der Waals surface area contributed by atoms with Crippen molar-refractivity contribution in [3.8, 4) is 5.75 Å². The van der Waals surface area contributed by atoms with Crippen LogP contribution in [0.15, 0.2) is 30.3 Å². The summed E-state index contributed by atoms with van der Waals surface area (Å²) in [7, 11) is 0. The average molecular weight is 304 g/mol. The predicted octanol–water partition coefficient (Wildman–Crippen LogP) is 2.60. The molecule has 1 N–H and O–H groups in total. The number of carbonyl (C=O) groups excluding carboxylic acids is 1. The number of nitrogens with one attached hydrogen (secondary N) is 1. The van der Waals surface area contributed by atoms with Gasteiger partial charge in [-0.05, 0) is 55.8 Å². The molecule has 1 aliphatic heterocycles. The number of carbonyl (C=O) groups is 1. The van der Waals surface area contributed by atoms with E-state index >= 15 is 0 Å². The van der Waals surface area contributed by atoms with Crippen LogP contribution in [0.2, 0.25) is 0 Å². The van der Waals surface area contributed by atoms with Gasteiger partial charge in [0.1, 0.15) is 5.75 Å². The van der Waals surface area contributed by atoms with Gasteiger partial charge in [0.2, 0.25) is 5.91 Å². The maximum absolute atomic E-state index is 11.8. The fourth-order valence-electron chi connectivity index (χ4n) is 2.16. The van der Waals surface area contributed by atoms with Gasteiger partial charge in [-0.2, -0.15) is 0 Å². The van der Waals surface area contributed by atoms with Crippen molar-refractivity contribution in [1.82, 2.24) is 10.2 Å². The molecular formula is C16H20N2O2S. The second kappa shape index (κ2) is 7.78. The van der Waals surface area contributed by atoms with Crippen LogP contribution in [0.4, 0.5) is 0 Å². The van der Waals surface area contributed by atoms with Gasteiger partial charge in [0.25, 0.3) is 0 Å². The van der Waals surface area contributed by atoms with Crippen molar-refractivity contribution in [2.75, 3.05) is 19.7 Å². The highest BCUT2D eigenvalue weighted by atomic mass is 32.1. The Kier molecular flexibility index (Phi) is 5.75. The van der Waals surface area contributed by atoms with Gasteiger partial charge < -0.3 is 9.64 Å². The Hall–Kier alpha value is -1.88. The summed E-state index contributed by atoms with van der Waals surface area (Å²) < 4.78 is 5.37. The van der Waals surface area contributed by atoms with E-state index in [0.717, 1.165) is 37.2 Å². The third kappa shape index (κ3) is 4.86. The van der Waals surface area contributed by atoms with Gasteiger partial charge in [0.05, 0.1) is 6.61 Å². The topological polar surface area (TPSA) is 41.6 Å². The lowest BCUT2D eigenvalue weighted by atomic mass is 10.2. The summed E-state index contributed by atoms with van der Waals surface area (Å²) in [6.07, 6.45) is 5.53. The predicted molar refractivity (Wildman–Crippen MR) is 88.2 cm³/mol. The van der Waals surface area contributed by atoms with Crippen LogP contribution in [-0.2, 0) is 4.79 Å². The second-order valence-electron chi connectivity index (χ2n) is 4.82. The Balaban J connectivity index is 1.84. The molecule has 0 aromatic heterocycles. The van der Waals surface area contributed by atoms with Crippen LogP contribution in [0.5, 0.6) is 5.75 Å². The number of likely N-dealkylation sites (tertiary alicyclic amines) is 1. The SMILES string of the molecule is CCOc1ccc(/C=C/C(=O)NC(=S)N2CCCC2)cc1. The van der Waals surface area contributed by atoms with Gasteiger partial charge in [-0.3, -0.25) is 10.1 Å². The summed E-state index contributed by atoms with van der Waals surface area (Å²) in [5, 5.41) is 3.25. The maximum atomic E-state index is 11.8. The Labute approximate surface area is 130 Å². The molecule has 2 rings (SSSR count). The molecule has 5 heteroatoms. The molecule has 21 heavy (non-hydrogen) atoms. The van der Waals surface area contributed by atoms with E-state index in [9.17, 15) is 4.79 Å². The van der Waals surface area contributed by atoms with Crippen LogP contribution in [-0.4, -0.2) is 35.6 Å². The number of rotatable bonds is 4. The Morgan fingerprint density at radius 2 is 2.00 bits per heavy atom. The minimum absolute atomic E-state index is 0.194. The average Bonchev–Trinajstić information content (AvgIpc) is 3.01. The van der Waals surface area contributed by atoms with E-state index in [4.69, 9.17) is 17.0 Å². The van der Waals surface area contributed by atoms with Crippen LogP contribution < -0.4 is 10.1 Å². The molecule has 0 unspecified atom stereocenters. The zero-order chi connectivity index (χ0) is 15.1. The Morgan fingerprint density at radius 3 is 2.62 bits per heavy atom. The van der Waals surface area contributed by atoms with Crippen molar-refractivity contribution in [2.45, 2.75) is 19.8 Å². The van der Waals surface area contributed by atoms with Gasteiger partial charge >= 0.3 is 0 Å². The third-order valence-electron chi connectivity index (χ3n) is 3.24. The van der Waals surface area contributed by atoms with Gasteiger partial charge in [-0.25, -0.2) is 0 Å². The van der Waals surface area contributed by atoms with E-state index in [1.807, 2.05) is 36.1 Å². The summed E-state index contributed by atoms with van der Waals surface area (Å²) in [4.78, 5) is 13.8. The first-order valence-corrected chi connectivity index (χ1v) is 7.60. The maximum Gasteiger partial charge on any atom is 0.250 e. The molecule has 0 radical (unpaired) electrons. The first kappa shape index (κ1) is 15.5. The van der Waals surface area contributed by atoms with Crippen LogP contribution >= 0.6 is 12.2 Å². The zero-order valence-corrected chi connectivity index (χ0v) is 13.0. The minimum Gasteiger partial charge on any atom is -0.494 e. The highest BCUT2D eigenvalue weighted by Crippen LogP contribution is 2.13. The molecule has 0 saturated carbocycles. The third-order valence-corrected chi connectivity index (χ3v) is 3.60. The fraction of sp³-hybridized carbons (Fsp3) is 0.375. The smallest absolute Gasteiger partial charge is 0.250 e. The molecule has 1 aromatic rings. The Morgan fingerprint density at radius 1 is 1.33 bits per heavy atom. The summed E-state index contributed by atoms with van der Waals surface area (Å²) in [5.74, 6) is 0.634. The normalized spacial score (nSPS) is 14.4. The largest absolute Gasteiger partial charge is 0.494 e. The van der Waals surface area contributed by atoms with E-state index in [1.54, 1.807) is 6.08 Å². The molecule has 1 aromatic carbocycles. The van der Waals surface area contributed by atoms with E-state index in [-0.39, 0.29) is 5.91 Å². The number of hydrogen-bond acceptors (Lipinski definition) is 3. The molecule has 0 aliphatic carbocycles. The number of thiocarbonyl (C=S) groups is 1. The van der Waals surface area contributed by atoms with Crippen molar-refractivity contribution >= 4 is 29.3 Å². The van der Waals surface area contributed by atoms with Gasteiger partial charge in [-0.15, -0.1) is 0 Å². The highest BCUT2D eigenvalue weighted by molar-refractivity contribution is 7.80. The number of ether oxygens (including phenoxy) is 1. The first-order chi connectivity index (χ1) is 10.2. The van der Waals surface area contributed by atoms with E-state index in [0.29, 0.717) is 11.7 Å². The molecule has 1 saturated heterocycles. The minimum atomic E-state index is -0.194. The Bertz CT molecular complexity index is 520. The number of benzene rings is 1. The molecule has 1 fully saturated rings. The van der Waals surface area contributed by atoms with Crippen LogP contribution in [0.1, 0.15) is 25.3 Å².